The van der Waals surface area contributed by atoms with Gasteiger partial charge in [0.1, 0.15) is 12.4 Å². The molecule has 0 saturated carbocycles. The fourth-order valence-corrected chi connectivity index (χ4v) is 4.64. The van der Waals surface area contributed by atoms with Crippen molar-refractivity contribution in [3.8, 4) is 5.75 Å². The maximum absolute atomic E-state index is 12.9. The lowest BCUT2D eigenvalue weighted by Crippen LogP contribution is -2.46. The molecule has 49 heavy (non-hydrogen) atoms. The molecule has 2 aromatic carbocycles. The molecule has 1 aromatic heterocycles. The molecule has 1 unspecified atom stereocenters. The van der Waals surface area contributed by atoms with E-state index < -0.39 is 30.2 Å². The number of carboxylic acids is 2. The van der Waals surface area contributed by atoms with E-state index in [2.05, 4.69) is 22.2 Å². The maximum Gasteiger partial charge on any atom is 0.490 e. The third-order valence-corrected chi connectivity index (χ3v) is 7.10. The van der Waals surface area contributed by atoms with Crippen molar-refractivity contribution in [3.63, 3.8) is 0 Å². The summed E-state index contributed by atoms with van der Waals surface area (Å²) in [5, 5.41) is 27.3. The van der Waals surface area contributed by atoms with Crippen LogP contribution in [0.5, 0.6) is 5.75 Å². The van der Waals surface area contributed by atoms with Crippen LogP contribution < -0.4 is 15.5 Å². The van der Waals surface area contributed by atoms with Gasteiger partial charge in [-0.1, -0.05) is 18.2 Å². The number of halogens is 6. The largest absolute Gasteiger partial charge is 0.490 e. The highest BCUT2D eigenvalue weighted by Crippen LogP contribution is 2.24. The number of aryl methyl sites for hydroxylation is 1. The summed E-state index contributed by atoms with van der Waals surface area (Å²) in [7, 11) is 2.06. The Bertz CT molecular complexity index is 1550. The van der Waals surface area contributed by atoms with Gasteiger partial charge in [-0.05, 0) is 82.2 Å². The summed E-state index contributed by atoms with van der Waals surface area (Å²) in [6.07, 6.45) is -8.36. The van der Waals surface area contributed by atoms with Crippen molar-refractivity contribution in [1.29, 1.82) is 0 Å². The zero-order chi connectivity index (χ0) is 36.9. The first-order valence-electron chi connectivity index (χ1n) is 14.4. The van der Waals surface area contributed by atoms with Crippen LogP contribution in [0.3, 0.4) is 0 Å². The fraction of sp³-hybridized carbons (Fsp3) is 0.387. The van der Waals surface area contributed by atoms with Crippen LogP contribution in [0, 0.1) is 12.8 Å². The molecule has 2 amide bonds. The van der Waals surface area contributed by atoms with Gasteiger partial charge < -0.3 is 25.2 Å². The average Bonchev–Trinajstić information content (AvgIpc) is 3.03. The lowest BCUT2D eigenvalue weighted by Gasteiger charge is -2.34. The van der Waals surface area contributed by atoms with Crippen LogP contribution >= 0.6 is 0 Å². The SMILES string of the molecule is Cc1cc(COc2ccc(C(=O)NC(CC(=O)NO)C3CCN(C)CC3)cc2)c2ccccc2n1.O=C(O)C(F)(F)F.O=C(O)C(F)(F)F. The van der Waals surface area contributed by atoms with Crippen molar-refractivity contribution in [1.82, 2.24) is 20.7 Å². The number of para-hydroxylation sites is 1. The summed E-state index contributed by atoms with van der Waals surface area (Å²) in [5.74, 6) is -5.43. The number of alkyl halides is 6. The summed E-state index contributed by atoms with van der Waals surface area (Å²) < 4.78 is 69.5. The molecule has 1 saturated heterocycles. The van der Waals surface area contributed by atoms with Gasteiger partial charge in [-0.3, -0.25) is 19.8 Å². The van der Waals surface area contributed by atoms with Gasteiger partial charge >= 0.3 is 24.3 Å². The summed E-state index contributed by atoms with van der Waals surface area (Å²) >= 11 is 0. The molecule has 3 aromatic rings. The van der Waals surface area contributed by atoms with E-state index in [1.165, 1.54) is 0 Å². The second-order valence-electron chi connectivity index (χ2n) is 10.8. The van der Waals surface area contributed by atoms with Gasteiger partial charge in [-0.2, -0.15) is 26.3 Å². The van der Waals surface area contributed by atoms with Crippen LogP contribution in [0.4, 0.5) is 26.3 Å². The van der Waals surface area contributed by atoms with Gasteiger partial charge in [0.2, 0.25) is 5.91 Å². The van der Waals surface area contributed by atoms with E-state index >= 15 is 0 Å². The van der Waals surface area contributed by atoms with E-state index in [9.17, 15) is 35.9 Å². The average molecular weight is 705 g/mol. The maximum atomic E-state index is 12.9. The van der Waals surface area contributed by atoms with Crippen molar-refractivity contribution < 1.29 is 65.7 Å². The number of carbonyl (C=O) groups excluding carboxylic acids is 2. The molecule has 1 aliphatic heterocycles. The predicted octanol–water partition coefficient (Wildman–Crippen LogP) is 4.72. The second-order valence-corrected chi connectivity index (χ2v) is 10.8. The summed E-state index contributed by atoms with van der Waals surface area (Å²) in [4.78, 5) is 49.4. The molecule has 268 valence electrons. The summed E-state index contributed by atoms with van der Waals surface area (Å²) in [6.45, 7) is 4.18. The van der Waals surface area contributed by atoms with Crippen molar-refractivity contribution in [2.45, 2.75) is 51.2 Å². The van der Waals surface area contributed by atoms with E-state index in [-0.39, 0.29) is 24.3 Å². The Kier molecular flexibility index (Phi) is 14.7. The van der Waals surface area contributed by atoms with Gasteiger partial charge in [-0.25, -0.2) is 15.1 Å². The van der Waals surface area contributed by atoms with Crippen molar-refractivity contribution in [3.05, 3.63) is 71.4 Å². The first-order valence-corrected chi connectivity index (χ1v) is 14.4. The third kappa shape index (κ3) is 13.6. The topological polar surface area (TPSA) is 178 Å². The quantitative estimate of drug-likeness (QED) is 0.125. The molecule has 18 heteroatoms. The smallest absolute Gasteiger partial charge is 0.489 e. The number of likely N-dealkylation sites (tertiary alicyclic amines) is 1. The molecule has 1 atom stereocenters. The number of nitrogens with one attached hydrogen (secondary N) is 2. The number of hydrogen-bond donors (Lipinski definition) is 5. The van der Waals surface area contributed by atoms with Crippen LogP contribution in [0.2, 0.25) is 0 Å². The van der Waals surface area contributed by atoms with Crippen LogP contribution in [-0.4, -0.2) is 87.6 Å². The Labute approximate surface area is 275 Å². The number of carbonyl (C=O) groups is 4. The molecule has 0 radical (unpaired) electrons. The van der Waals surface area contributed by atoms with Crippen molar-refractivity contribution >= 4 is 34.7 Å². The van der Waals surface area contributed by atoms with E-state index in [1.54, 1.807) is 29.7 Å². The van der Waals surface area contributed by atoms with Gasteiger partial charge in [0.15, 0.2) is 0 Å². The molecular weight excluding hydrogens is 670 g/mol. The minimum atomic E-state index is -5.08. The Morgan fingerprint density at radius 3 is 1.98 bits per heavy atom. The molecule has 0 aliphatic carbocycles. The minimum Gasteiger partial charge on any atom is -0.489 e. The van der Waals surface area contributed by atoms with Gasteiger partial charge in [0, 0.05) is 34.7 Å². The van der Waals surface area contributed by atoms with Crippen LogP contribution in [-0.2, 0) is 21.0 Å². The van der Waals surface area contributed by atoms with Crippen molar-refractivity contribution in [2.24, 2.45) is 5.92 Å². The van der Waals surface area contributed by atoms with E-state index in [0.717, 1.165) is 48.1 Å². The zero-order valence-electron chi connectivity index (χ0n) is 26.1. The molecule has 4 rings (SSSR count). The van der Waals surface area contributed by atoms with Crippen LogP contribution in [0.1, 0.15) is 40.9 Å². The highest BCUT2D eigenvalue weighted by atomic mass is 19.4. The Hall–Kier alpha value is -4.97. The number of nitrogens with zero attached hydrogens (tertiary/aromatic N) is 2. The van der Waals surface area contributed by atoms with Crippen LogP contribution in [0.25, 0.3) is 10.9 Å². The molecule has 12 nitrogen and oxygen atoms in total. The number of rotatable bonds is 8. The Morgan fingerprint density at radius 1 is 0.939 bits per heavy atom. The molecular formula is C31H34F6N4O8. The number of fused-ring (bicyclic) bond motifs is 1. The first-order chi connectivity index (χ1) is 22.8. The molecule has 5 N–H and O–H groups in total. The van der Waals surface area contributed by atoms with Crippen LogP contribution in [0.15, 0.2) is 54.6 Å². The number of pyridine rings is 1. The minimum absolute atomic E-state index is 0.0388. The Balaban J connectivity index is 0.000000500. The lowest BCUT2D eigenvalue weighted by atomic mass is 9.87. The van der Waals surface area contributed by atoms with E-state index in [0.29, 0.717) is 17.9 Å². The number of benzene rings is 2. The van der Waals surface area contributed by atoms with Gasteiger partial charge in [0.05, 0.1) is 5.52 Å². The third-order valence-electron chi connectivity index (χ3n) is 7.10. The lowest BCUT2D eigenvalue weighted by molar-refractivity contribution is -0.193. The van der Waals surface area contributed by atoms with E-state index in [4.69, 9.17) is 29.7 Å². The second kappa shape index (κ2) is 18.0. The number of hydroxylamine groups is 1. The number of ether oxygens (including phenoxy) is 1. The first kappa shape index (κ1) is 40.2. The summed E-state index contributed by atoms with van der Waals surface area (Å²) in [6, 6.07) is 16.6. The number of hydrogen-bond acceptors (Lipinski definition) is 8. The highest BCUT2D eigenvalue weighted by Gasteiger charge is 2.39. The number of carboxylic acid groups (broad SMARTS) is 2. The fourth-order valence-electron chi connectivity index (χ4n) is 4.64. The normalized spacial score (nSPS) is 14.3. The van der Waals surface area contributed by atoms with Gasteiger partial charge in [-0.15, -0.1) is 0 Å². The number of aliphatic carboxylic acids is 2. The number of amides is 2. The summed E-state index contributed by atoms with van der Waals surface area (Å²) in [5.41, 5.74) is 5.10. The molecule has 0 bridgehead atoms. The number of piperidine rings is 1. The van der Waals surface area contributed by atoms with Crippen molar-refractivity contribution in [2.75, 3.05) is 20.1 Å². The molecule has 1 aliphatic rings. The standard InChI is InChI=1S/C27H32N4O4.2C2HF3O2/c1-18-15-21(23-5-3-4-6-24(23)28-18)17-35-22-9-7-20(8-10-22)27(33)29-25(16-26(32)30-34)19-11-13-31(2)14-12-19;2*3-2(4,5)1(6)7/h3-10,15,19,25,34H,11-14,16-17H2,1-2H3,(H,29,33)(H,30,32);2*(H,6,7). The predicted molar refractivity (Wildman–Crippen MR) is 161 cm³/mol. The Morgan fingerprint density at radius 2 is 1.47 bits per heavy atom. The molecule has 0 spiro atoms. The number of aromatic nitrogens is 1. The van der Waals surface area contributed by atoms with E-state index in [1.807, 2.05) is 37.3 Å². The zero-order valence-corrected chi connectivity index (χ0v) is 26.1. The van der Waals surface area contributed by atoms with Gasteiger partial charge in [0.25, 0.3) is 5.91 Å². The molecule has 2 heterocycles. The monoisotopic (exact) mass is 704 g/mol. The highest BCUT2D eigenvalue weighted by molar-refractivity contribution is 5.94. The molecule has 1 fully saturated rings.